The molecule has 5 aromatic rings. The Bertz CT molecular complexity index is 1400. The number of nitrogens with zero attached hydrogens (tertiary/aromatic N) is 4. The highest BCUT2D eigenvalue weighted by Gasteiger charge is 2.41. The molecule has 1 aromatic carbocycles. The number of rotatable bonds is 6. The summed E-state index contributed by atoms with van der Waals surface area (Å²) >= 11 is 3.07. The third-order valence-corrected chi connectivity index (χ3v) is 8.77. The van der Waals surface area contributed by atoms with Crippen molar-refractivity contribution in [3.8, 4) is 21.3 Å². The van der Waals surface area contributed by atoms with Crippen LogP contribution in [0.4, 0.5) is 11.4 Å². The summed E-state index contributed by atoms with van der Waals surface area (Å²) in [6, 6.07) is 18.5. The maximum Gasteiger partial charge on any atom is 0.327 e. The Morgan fingerprint density at radius 1 is 0.727 bits per heavy atom. The molecule has 0 unspecified atom stereocenters. The van der Waals surface area contributed by atoms with Gasteiger partial charge in [0.05, 0.1) is 34.2 Å². The van der Waals surface area contributed by atoms with Crippen LogP contribution in [0.1, 0.15) is 11.4 Å². The minimum Gasteiger partial charge on any atom is -0.355 e. The maximum atomic E-state index is 13.6. The molecule has 4 aromatic heterocycles. The Morgan fingerprint density at radius 3 is 1.64 bits per heavy atom. The Morgan fingerprint density at radius 2 is 1.21 bits per heavy atom. The molecule has 11 heteroatoms. The van der Waals surface area contributed by atoms with Gasteiger partial charge in [-0.3, -0.25) is 0 Å². The molecular weight excluding hydrogens is 480 g/mol. The molecular formula is C22H16N4O4S3. The second kappa shape index (κ2) is 7.87. The maximum absolute atomic E-state index is 13.6. The standard InChI is InChI=1S/C22H16N4O4S3/c27-33(28)25(13-15-11-19(29-23-15)21-7-3-9-31-21)17-5-1-2-6-18(17)26(33)14-16-12-20(30-24-16)22-8-4-10-32-22/h1-12H,13-14H2. The Kier molecular flexibility index (Phi) is 4.82. The molecule has 0 radical (unpaired) electrons. The van der Waals surface area contributed by atoms with Gasteiger partial charge in [0, 0.05) is 12.1 Å². The monoisotopic (exact) mass is 496 g/mol. The van der Waals surface area contributed by atoms with Crippen LogP contribution >= 0.6 is 22.7 Å². The van der Waals surface area contributed by atoms with Crippen LogP contribution in [0.3, 0.4) is 0 Å². The van der Waals surface area contributed by atoms with Crippen molar-refractivity contribution in [1.82, 2.24) is 10.3 Å². The summed E-state index contributed by atoms with van der Waals surface area (Å²) in [6.07, 6.45) is 0. The van der Waals surface area contributed by atoms with Crippen molar-refractivity contribution in [2.75, 3.05) is 8.61 Å². The molecule has 166 valence electrons. The number of anilines is 2. The fraction of sp³-hybridized carbons (Fsp3) is 0.0909. The van der Waals surface area contributed by atoms with Gasteiger partial charge in [-0.1, -0.05) is 34.6 Å². The van der Waals surface area contributed by atoms with Crippen molar-refractivity contribution in [1.29, 1.82) is 0 Å². The number of para-hydroxylation sites is 2. The molecule has 0 saturated carbocycles. The molecule has 0 bridgehead atoms. The molecule has 0 atom stereocenters. The number of aromatic nitrogens is 2. The molecule has 0 amide bonds. The van der Waals surface area contributed by atoms with Crippen LogP contribution in [0.25, 0.3) is 21.3 Å². The zero-order valence-corrected chi connectivity index (χ0v) is 19.4. The van der Waals surface area contributed by atoms with Gasteiger partial charge in [0.25, 0.3) is 0 Å². The van der Waals surface area contributed by atoms with Crippen LogP contribution < -0.4 is 8.61 Å². The molecule has 0 saturated heterocycles. The predicted octanol–water partition coefficient (Wildman–Crippen LogP) is 5.39. The SMILES string of the molecule is O=S1(=O)N(Cc2cc(-c3cccs3)on2)c2ccccc2N1Cc1cc(-c2cccs2)on1. The van der Waals surface area contributed by atoms with E-state index in [1.807, 2.05) is 47.2 Å². The third-order valence-electron chi connectivity index (χ3n) is 5.23. The van der Waals surface area contributed by atoms with Gasteiger partial charge in [-0.2, -0.15) is 8.42 Å². The predicted molar refractivity (Wildman–Crippen MR) is 127 cm³/mol. The van der Waals surface area contributed by atoms with E-state index in [1.165, 1.54) is 31.3 Å². The van der Waals surface area contributed by atoms with E-state index in [0.717, 1.165) is 9.75 Å². The highest BCUT2D eigenvalue weighted by Crippen LogP contribution is 2.42. The van der Waals surface area contributed by atoms with E-state index >= 15 is 0 Å². The van der Waals surface area contributed by atoms with Gasteiger partial charge in [0.2, 0.25) is 0 Å². The highest BCUT2D eigenvalue weighted by atomic mass is 32.2. The average molecular weight is 497 g/mol. The third kappa shape index (κ3) is 3.54. The van der Waals surface area contributed by atoms with Crippen LogP contribution in [-0.4, -0.2) is 18.7 Å². The summed E-state index contributed by atoms with van der Waals surface area (Å²) in [5.41, 5.74) is 2.22. The summed E-state index contributed by atoms with van der Waals surface area (Å²) in [5, 5.41) is 12.1. The molecule has 5 heterocycles. The number of hydrogen-bond donors (Lipinski definition) is 0. The number of hydrogen-bond acceptors (Lipinski definition) is 8. The zero-order valence-electron chi connectivity index (χ0n) is 17.0. The molecule has 8 nitrogen and oxygen atoms in total. The lowest BCUT2D eigenvalue weighted by atomic mass is 10.2. The molecule has 0 fully saturated rings. The van der Waals surface area contributed by atoms with Gasteiger partial charge < -0.3 is 9.05 Å². The van der Waals surface area contributed by atoms with E-state index < -0.39 is 10.2 Å². The number of thiophene rings is 2. The zero-order chi connectivity index (χ0) is 22.4. The lowest BCUT2D eigenvalue weighted by Crippen LogP contribution is -2.37. The summed E-state index contributed by atoms with van der Waals surface area (Å²) < 4.78 is 40.7. The second-order valence-corrected chi connectivity index (χ2v) is 11.0. The van der Waals surface area contributed by atoms with Gasteiger partial charge in [-0.25, -0.2) is 8.61 Å². The second-order valence-electron chi connectivity index (χ2n) is 7.33. The molecule has 0 aliphatic carbocycles. The highest BCUT2D eigenvalue weighted by molar-refractivity contribution is 7.94. The van der Waals surface area contributed by atoms with Gasteiger partial charge >= 0.3 is 10.2 Å². The largest absolute Gasteiger partial charge is 0.355 e. The first kappa shape index (κ1) is 20.2. The molecule has 1 aliphatic heterocycles. The van der Waals surface area contributed by atoms with E-state index in [0.29, 0.717) is 34.3 Å². The smallest absolute Gasteiger partial charge is 0.327 e. The lowest BCUT2D eigenvalue weighted by molar-refractivity contribution is 0.424. The topological polar surface area (TPSA) is 92.7 Å². The van der Waals surface area contributed by atoms with E-state index in [-0.39, 0.29) is 13.1 Å². The molecule has 1 aliphatic rings. The Balaban J connectivity index is 1.30. The summed E-state index contributed by atoms with van der Waals surface area (Å²) in [5.74, 6) is 1.23. The van der Waals surface area contributed by atoms with Gasteiger partial charge in [-0.05, 0) is 35.0 Å². The average Bonchev–Trinajstić information content (AvgIpc) is 3.63. The van der Waals surface area contributed by atoms with E-state index in [2.05, 4.69) is 10.3 Å². The van der Waals surface area contributed by atoms with Crippen LogP contribution in [0.15, 0.2) is 80.5 Å². The van der Waals surface area contributed by atoms with Crippen molar-refractivity contribution < 1.29 is 17.5 Å². The van der Waals surface area contributed by atoms with Crippen molar-refractivity contribution in [2.45, 2.75) is 13.1 Å². The van der Waals surface area contributed by atoms with Crippen LogP contribution in [-0.2, 0) is 23.3 Å². The first-order chi connectivity index (χ1) is 16.1. The van der Waals surface area contributed by atoms with Crippen molar-refractivity contribution >= 4 is 44.3 Å². The van der Waals surface area contributed by atoms with Crippen LogP contribution in [0, 0.1) is 0 Å². The number of benzene rings is 1. The fourth-order valence-electron chi connectivity index (χ4n) is 3.72. The van der Waals surface area contributed by atoms with Gasteiger partial charge in [0.1, 0.15) is 11.4 Å². The van der Waals surface area contributed by atoms with E-state index in [9.17, 15) is 8.42 Å². The first-order valence-corrected chi connectivity index (χ1v) is 13.1. The number of fused-ring (bicyclic) bond motifs is 1. The Hall–Kier alpha value is -3.41. The van der Waals surface area contributed by atoms with Crippen molar-refractivity contribution in [2.24, 2.45) is 0 Å². The van der Waals surface area contributed by atoms with E-state index in [4.69, 9.17) is 9.05 Å². The van der Waals surface area contributed by atoms with Crippen molar-refractivity contribution in [3.63, 3.8) is 0 Å². The summed E-state index contributed by atoms with van der Waals surface area (Å²) in [6.45, 7) is 0.119. The normalized spacial score (nSPS) is 14.7. The molecule has 6 rings (SSSR count). The summed E-state index contributed by atoms with van der Waals surface area (Å²) in [7, 11) is -3.86. The molecule has 33 heavy (non-hydrogen) atoms. The minimum atomic E-state index is -3.86. The fourth-order valence-corrected chi connectivity index (χ4v) is 6.70. The van der Waals surface area contributed by atoms with E-state index in [1.54, 1.807) is 24.3 Å². The van der Waals surface area contributed by atoms with Crippen LogP contribution in [0.5, 0.6) is 0 Å². The quantitative estimate of drug-likeness (QED) is 0.313. The Labute approximate surface area is 197 Å². The molecule has 0 spiro atoms. The van der Waals surface area contributed by atoms with Crippen molar-refractivity contribution in [3.05, 3.63) is 82.8 Å². The van der Waals surface area contributed by atoms with Gasteiger partial charge in [-0.15, -0.1) is 22.7 Å². The summed E-state index contributed by atoms with van der Waals surface area (Å²) in [4.78, 5) is 1.88. The minimum absolute atomic E-state index is 0.0595. The van der Waals surface area contributed by atoms with Gasteiger partial charge in [0.15, 0.2) is 11.5 Å². The van der Waals surface area contributed by atoms with Crippen LogP contribution in [0.2, 0.25) is 0 Å². The first-order valence-electron chi connectivity index (χ1n) is 9.98. The lowest BCUT2D eigenvalue weighted by Gasteiger charge is -2.20. The molecule has 0 N–H and O–H groups in total.